The molecule has 0 fully saturated rings. The number of carboxylic acid groups (broad SMARTS) is 1. The van der Waals surface area contributed by atoms with Crippen LogP contribution >= 0.6 is 0 Å². The summed E-state index contributed by atoms with van der Waals surface area (Å²) in [6, 6.07) is 7.49. The minimum atomic E-state index is -3.35. The molecule has 26 heavy (non-hydrogen) atoms. The summed E-state index contributed by atoms with van der Waals surface area (Å²) in [7, 11) is -3.35. The maximum absolute atomic E-state index is 13.0. The van der Waals surface area contributed by atoms with Gasteiger partial charge in [-0.15, -0.1) is 0 Å². The summed E-state index contributed by atoms with van der Waals surface area (Å²) in [6.45, 7) is 2.15. The van der Waals surface area contributed by atoms with E-state index in [1.807, 2.05) is 0 Å². The van der Waals surface area contributed by atoms with E-state index in [9.17, 15) is 18.0 Å². The van der Waals surface area contributed by atoms with Gasteiger partial charge in [-0.1, -0.05) is 6.07 Å². The molecular weight excluding hydrogens is 356 g/mol. The molecule has 0 aromatic heterocycles. The van der Waals surface area contributed by atoms with Gasteiger partial charge >= 0.3 is 5.97 Å². The molecule has 7 heteroatoms. The van der Waals surface area contributed by atoms with Crippen LogP contribution in [0.4, 0.5) is 0 Å². The van der Waals surface area contributed by atoms with Crippen molar-refractivity contribution < 1.29 is 27.9 Å². The number of rotatable bonds is 5. The maximum atomic E-state index is 13.0. The fourth-order valence-electron chi connectivity index (χ4n) is 3.11. The Labute approximate surface area is 151 Å². The van der Waals surface area contributed by atoms with Gasteiger partial charge in [0.15, 0.2) is 15.6 Å². The van der Waals surface area contributed by atoms with Crippen molar-refractivity contribution in [3.05, 3.63) is 58.1 Å². The summed E-state index contributed by atoms with van der Waals surface area (Å²) < 4.78 is 28.8. The Bertz CT molecular complexity index is 1000. The van der Waals surface area contributed by atoms with Crippen molar-refractivity contribution in [3.8, 4) is 5.75 Å². The molecule has 136 valence electrons. The van der Waals surface area contributed by atoms with Crippen LogP contribution in [0.2, 0.25) is 0 Å². The van der Waals surface area contributed by atoms with Crippen molar-refractivity contribution in [1.29, 1.82) is 0 Å². The molecule has 0 amide bonds. The molecular formula is C19H18O6S. The second kappa shape index (κ2) is 6.57. The van der Waals surface area contributed by atoms with Crippen LogP contribution < -0.4 is 4.74 Å². The van der Waals surface area contributed by atoms with Crippen LogP contribution in [0.3, 0.4) is 0 Å². The molecule has 0 radical (unpaired) electrons. The van der Waals surface area contributed by atoms with E-state index in [4.69, 9.17) is 9.84 Å². The van der Waals surface area contributed by atoms with Gasteiger partial charge in [0.2, 0.25) is 0 Å². The van der Waals surface area contributed by atoms with Crippen LogP contribution in [0.1, 0.15) is 32.6 Å². The van der Waals surface area contributed by atoms with E-state index in [0.29, 0.717) is 41.0 Å². The first-order valence-electron chi connectivity index (χ1n) is 8.03. The van der Waals surface area contributed by atoms with Gasteiger partial charge in [-0.25, -0.2) is 8.42 Å². The molecule has 6 nitrogen and oxygen atoms in total. The van der Waals surface area contributed by atoms with Gasteiger partial charge < -0.3 is 9.84 Å². The summed E-state index contributed by atoms with van der Waals surface area (Å²) in [5.74, 6) is -0.787. The highest BCUT2D eigenvalue weighted by atomic mass is 32.2. The number of carboxylic acids is 1. The van der Waals surface area contributed by atoms with Crippen molar-refractivity contribution in [1.82, 2.24) is 0 Å². The topological polar surface area (TPSA) is 97.7 Å². The highest BCUT2D eigenvalue weighted by Gasteiger charge is 2.27. The van der Waals surface area contributed by atoms with Crippen molar-refractivity contribution in [2.24, 2.45) is 0 Å². The summed E-state index contributed by atoms with van der Waals surface area (Å²) >= 11 is 0. The van der Waals surface area contributed by atoms with Gasteiger partial charge in [0.1, 0.15) is 5.75 Å². The van der Waals surface area contributed by atoms with Gasteiger partial charge in [0.25, 0.3) is 0 Å². The number of aliphatic carboxylic acids is 1. The standard InChI is InChI=1S/C19H18O6S/c1-11-14(10-16(20)21)9-13-7-8-25-19(13)17(11)18(22)12-3-5-15(6-4-12)26(2,23)24/h3-6,9H,7-8,10H2,1-2H3,(H,20,21). The lowest BCUT2D eigenvalue weighted by atomic mass is 9.90. The lowest BCUT2D eigenvalue weighted by Gasteiger charge is -2.14. The van der Waals surface area contributed by atoms with E-state index in [-0.39, 0.29) is 17.1 Å². The van der Waals surface area contributed by atoms with Crippen LogP contribution in [0, 0.1) is 6.92 Å². The Morgan fingerprint density at radius 1 is 1.19 bits per heavy atom. The minimum Gasteiger partial charge on any atom is -0.492 e. The summed E-state index contributed by atoms with van der Waals surface area (Å²) in [6.07, 6.45) is 1.55. The van der Waals surface area contributed by atoms with Crippen LogP contribution in [0.5, 0.6) is 5.75 Å². The predicted molar refractivity (Wildman–Crippen MR) is 94.7 cm³/mol. The molecule has 1 N–H and O–H groups in total. The van der Waals surface area contributed by atoms with Crippen LogP contribution in [-0.2, 0) is 27.5 Å². The summed E-state index contributed by atoms with van der Waals surface area (Å²) in [5, 5.41) is 9.12. The SMILES string of the molecule is Cc1c(CC(=O)O)cc2c(c1C(=O)c1ccc(S(C)(=O)=O)cc1)OCC2. The van der Waals surface area contributed by atoms with Crippen LogP contribution in [0.25, 0.3) is 0 Å². The van der Waals surface area contributed by atoms with Gasteiger partial charge in [0.05, 0.1) is 23.5 Å². The smallest absolute Gasteiger partial charge is 0.307 e. The zero-order valence-electron chi connectivity index (χ0n) is 14.4. The zero-order chi connectivity index (χ0) is 19.1. The molecule has 3 rings (SSSR count). The number of carbonyl (C=O) groups is 2. The predicted octanol–water partition coefficient (Wildman–Crippen LogP) is 2.19. The van der Waals surface area contributed by atoms with E-state index in [1.165, 1.54) is 24.3 Å². The number of ether oxygens (including phenoxy) is 1. The van der Waals surface area contributed by atoms with Gasteiger partial charge in [0, 0.05) is 18.2 Å². The highest BCUT2D eigenvalue weighted by molar-refractivity contribution is 7.90. The molecule has 0 aliphatic carbocycles. The molecule has 1 aliphatic rings. The number of sulfone groups is 1. The van der Waals surface area contributed by atoms with Crippen LogP contribution in [0.15, 0.2) is 35.2 Å². The largest absolute Gasteiger partial charge is 0.492 e. The fourth-order valence-corrected chi connectivity index (χ4v) is 3.74. The first kappa shape index (κ1) is 18.1. The Kier molecular flexibility index (Phi) is 4.58. The summed E-state index contributed by atoms with van der Waals surface area (Å²) in [5.41, 5.74) is 2.65. The minimum absolute atomic E-state index is 0.131. The number of hydrogen-bond acceptors (Lipinski definition) is 5. The Balaban J connectivity index is 2.09. The molecule has 0 spiro atoms. The normalized spacial score (nSPS) is 13.2. The van der Waals surface area contributed by atoms with E-state index in [2.05, 4.69) is 0 Å². The summed E-state index contributed by atoms with van der Waals surface area (Å²) in [4.78, 5) is 24.3. The van der Waals surface area contributed by atoms with E-state index < -0.39 is 15.8 Å². The molecule has 0 saturated heterocycles. The van der Waals surface area contributed by atoms with Crippen molar-refractivity contribution in [2.75, 3.05) is 12.9 Å². The molecule has 0 atom stereocenters. The van der Waals surface area contributed by atoms with E-state index in [1.54, 1.807) is 13.0 Å². The quantitative estimate of drug-likeness (QED) is 0.806. The first-order valence-corrected chi connectivity index (χ1v) is 9.92. The molecule has 0 bridgehead atoms. The number of hydrogen-bond donors (Lipinski definition) is 1. The molecule has 1 heterocycles. The number of benzene rings is 2. The van der Waals surface area contributed by atoms with Gasteiger partial charge in [-0.3, -0.25) is 9.59 Å². The first-order chi connectivity index (χ1) is 12.2. The Hall–Kier alpha value is -2.67. The van der Waals surface area contributed by atoms with Crippen LogP contribution in [-0.4, -0.2) is 38.1 Å². The zero-order valence-corrected chi connectivity index (χ0v) is 15.2. The molecule has 2 aromatic carbocycles. The van der Waals surface area contributed by atoms with Gasteiger partial charge in [-0.2, -0.15) is 0 Å². The lowest BCUT2D eigenvalue weighted by Crippen LogP contribution is -2.11. The molecule has 0 saturated carbocycles. The second-order valence-electron chi connectivity index (χ2n) is 6.32. The lowest BCUT2D eigenvalue weighted by molar-refractivity contribution is -0.136. The number of carbonyl (C=O) groups excluding carboxylic acids is 1. The fraction of sp³-hybridized carbons (Fsp3) is 0.263. The van der Waals surface area contributed by atoms with E-state index in [0.717, 1.165) is 11.8 Å². The Morgan fingerprint density at radius 3 is 2.42 bits per heavy atom. The van der Waals surface area contributed by atoms with Crippen molar-refractivity contribution in [2.45, 2.75) is 24.7 Å². The highest BCUT2D eigenvalue weighted by Crippen LogP contribution is 2.36. The van der Waals surface area contributed by atoms with Gasteiger partial charge in [-0.05, 0) is 47.9 Å². The molecule has 1 aliphatic heterocycles. The number of fused-ring (bicyclic) bond motifs is 1. The average molecular weight is 374 g/mol. The second-order valence-corrected chi connectivity index (χ2v) is 8.33. The third-order valence-electron chi connectivity index (χ3n) is 4.46. The maximum Gasteiger partial charge on any atom is 0.307 e. The van der Waals surface area contributed by atoms with E-state index >= 15 is 0 Å². The number of ketones is 1. The third kappa shape index (κ3) is 3.35. The third-order valence-corrected chi connectivity index (χ3v) is 5.58. The average Bonchev–Trinajstić information content (AvgIpc) is 3.01. The van der Waals surface area contributed by atoms with Crippen molar-refractivity contribution in [3.63, 3.8) is 0 Å². The monoisotopic (exact) mass is 374 g/mol. The molecule has 2 aromatic rings. The Morgan fingerprint density at radius 2 is 1.85 bits per heavy atom. The molecule has 0 unspecified atom stereocenters. The van der Waals surface area contributed by atoms with Crippen molar-refractivity contribution >= 4 is 21.6 Å².